The molecule has 0 radical (unpaired) electrons. The second-order valence-electron chi connectivity index (χ2n) is 8.08. The number of aromatic nitrogens is 3. The lowest BCUT2D eigenvalue weighted by molar-refractivity contribution is 0.155. The molecule has 10 nitrogen and oxygen atoms in total. The molecule has 0 saturated carbocycles. The minimum atomic E-state index is -3.62. The summed E-state index contributed by atoms with van der Waals surface area (Å²) in [5.41, 5.74) is 0. The zero-order valence-corrected chi connectivity index (χ0v) is 18.9. The van der Waals surface area contributed by atoms with E-state index in [1.165, 1.54) is 4.31 Å². The average Bonchev–Trinajstić information content (AvgIpc) is 3.22. The van der Waals surface area contributed by atoms with Gasteiger partial charge in [0.15, 0.2) is 0 Å². The molecule has 0 atom stereocenters. The number of piperidine rings is 1. The molecule has 31 heavy (non-hydrogen) atoms. The largest absolute Gasteiger partial charge is 0.497 e. The van der Waals surface area contributed by atoms with Crippen LogP contribution >= 0.6 is 0 Å². The van der Waals surface area contributed by atoms with Gasteiger partial charge in [-0.2, -0.15) is 4.31 Å². The van der Waals surface area contributed by atoms with Gasteiger partial charge in [-0.05, 0) is 37.1 Å². The maximum Gasteiger partial charge on any atom is 0.319 e. The van der Waals surface area contributed by atoms with Crippen LogP contribution in [0.2, 0.25) is 0 Å². The van der Waals surface area contributed by atoms with E-state index in [1.54, 1.807) is 50.4 Å². The van der Waals surface area contributed by atoms with Gasteiger partial charge in [0.05, 0.1) is 18.6 Å². The molecule has 2 amide bonds. The van der Waals surface area contributed by atoms with Crippen LogP contribution in [0.4, 0.5) is 4.79 Å². The van der Waals surface area contributed by atoms with Gasteiger partial charge in [0, 0.05) is 46.2 Å². The second kappa shape index (κ2) is 8.46. The van der Waals surface area contributed by atoms with Crippen LogP contribution in [0.15, 0.2) is 29.2 Å². The normalized spacial score (nSPS) is 18.0. The van der Waals surface area contributed by atoms with Crippen molar-refractivity contribution in [3.63, 3.8) is 0 Å². The molecule has 0 bridgehead atoms. The van der Waals surface area contributed by atoms with Crippen LogP contribution in [0.25, 0.3) is 0 Å². The van der Waals surface area contributed by atoms with E-state index in [1.807, 2.05) is 9.47 Å². The van der Waals surface area contributed by atoms with Crippen LogP contribution in [0.3, 0.4) is 0 Å². The fourth-order valence-electron chi connectivity index (χ4n) is 4.17. The van der Waals surface area contributed by atoms with Crippen molar-refractivity contribution < 1.29 is 17.9 Å². The highest BCUT2D eigenvalue weighted by Gasteiger charge is 2.33. The average molecular weight is 449 g/mol. The van der Waals surface area contributed by atoms with Gasteiger partial charge in [0.2, 0.25) is 10.0 Å². The minimum Gasteiger partial charge on any atom is -0.497 e. The number of hydrogen-bond acceptors (Lipinski definition) is 6. The Morgan fingerprint density at radius 1 is 1.06 bits per heavy atom. The summed E-state index contributed by atoms with van der Waals surface area (Å²) in [4.78, 5) is 15.8. The Morgan fingerprint density at radius 2 is 1.74 bits per heavy atom. The number of sulfonamides is 1. The van der Waals surface area contributed by atoms with Crippen molar-refractivity contribution in [3.05, 3.63) is 35.9 Å². The van der Waals surface area contributed by atoms with Crippen molar-refractivity contribution in [1.82, 2.24) is 28.9 Å². The van der Waals surface area contributed by atoms with E-state index in [-0.39, 0.29) is 23.4 Å². The number of urea groups is 1. The van der Waals surface area contributed by atoms with Gasteiger partial charge in [-0.15, -0.1) is 10.2 Å². The zero-order valence-electron chi connectivity index (χ0n) is 18.1. The third-order valence-corrected chi connectivity index (χ3v) is 7.82. The van der Waals surface area contributed by atoms with Crippen LogP contribution < -0.4 is 4.74 Å². The molecule has 168 valence electrons. The van der Waals surface area contributed by atoms with Crippen molar-refractivity contribution in [1.29, 1.82) is 0 Å². The van der Waals surface area contributed by atoms with Gasteiger partial charge < -0.3 is 19.1 Å². The van der Waals surface area contributed by atoms with E-state index < -0.39 is 10.0 Å². The summed E-state index contributed by atoms with van der Waals surface area (Å²) in [5, 5.41) is 8.70. The van der Waals surface area contributed by atoms with E-state index in [9.17, 15) is 13.2 Å². The van der Waals surface area contributed by atoms with Crippen molar-refractivity contribution in [3.8, 4) is 5.75 Å². The van der Waals surface area contributed by atoms with Gasteiger partial charge in [-0.1, -0.05) is 0 Å². The lowest BCUT2D eigenvalue weighted by atomic mass is 9.96. The molecule has 1 aromatic heterocycles. The molecular weight excluding hydrogens is 420 g/mol. The first-order valence-electron chi connectivity index (χ1n) is 10.3. The van der Waals surface area contributed by atoms with Crippen LogP contribution in [-0.2, 0) is 23.1 Å². The molecule has 1 saturated heterocycles. The Labute approximate surface area is 182 Å². The predicted molar refractivity (Wildman–Crippen MR) is 113 cm³/mol. The number of fused-ring (bicyclic) bond motifs is 1. The van der Waals surface area contributed by atoms with Crippen LogP contribution in [0.1, 0.15) is 30.4 Å². The fourth-order valence-corrected chi connectivity index (χ4v) is 5.56. The number of likely N-dealkylation sites (tertiary alicyclic amines) is 1. The van der Waals surface area contributed by atoms with Gasteiger partial charge in [-0.25, -0.2) is 13.2 Å². The number of nitrogens with zero attached hydrogens (tertiary/aromatic N) is 6. The molecular formula is C20H28N6O4S. The van der Waals surface area contributed by atoms with Crippen molar-refractivity contribution >= 4 is 16.1 Å². The number of methoxy groups -OCH3 is 1. The SMILES string of the molecule is COc1ccc(S(=O)(=O)N2CCn3c(nnc3C3CCN(C(=O)N(C)C)CC3)C2)cc1. The molecule has 4 rings (SSSR count). The highest BCUT2D eigenvalue weighted by molar-refractivity contribution is 7.89. The summed E-state index contributed by atoms with van der Waals surface area (Å²) >= 11 is 0. The smallest absolute Gasteiger partial charge is 0.319 e. The quantitative estimate of drug-likeness (QED) is 0.700. The van der Waals surface area contributed by atoms with Crippen LogP contribution in [0.5, 0.6) is 5.75 Å². The van der Waals surface area contributed by atoms with Gasteiger partial charge in [-0.3, -0.25) is 0 Å². The monoisotopic (exact) mass is 448 g/mol. The summed E-state index contributed by atoms with van der Waals surface area (Å²) in [7, 11) is 1.44. The van der Waals surface area contributed by atoms with Crippen molar-refractivity contribution in [2.45, 2.75) is 36.7 Å². The highest BCUT2D eigenvalue weighted by Crippen LogP contribution is 2.30. The summed E-state index contributed by atoms with van der Waals surface area (Å²) in [5.74, 6) is 2.39. The first kappa shape index (κ1) is 21.6. The number of ether oxygens (including phenoxy) is 1. The summed E-state index contributed by atoms with van der Waals surface area (Å²) in [6.07, 6.45) is 1.65. The Morgan fingerprint density at radius 3 is 2.35 bits per heavy atom. The number of carbonyl (C=O) groups excluding carboxylic acids is 1. The standard InChI is InChI=1S/C20H28N6O4S/c1-23(2)20(27)24-10-8-15(9-11-24)19-22-21-18-14-25(12-13-26(18)19)31(28,29)17-6-4-16(30-3)5-7-17/h4-7,15H,8-14H2,1-3H3. The lowest BCUT2D eigenvalue weighted by Crippen LogP contribution is -2.44. The van der Waals surface area contributed by atoms with E-state index >= 15 is 0 Å². The van der Waals surface area contributed by atoms with Crippen LogP contribution in [0, 0.1) is 0 Å². The molecule has 2 aliphatic heterocycles. The molecule has 1 aromatic carbocycles. The summed E-state index contributed by atoms with van der Waals surface area (Å²) in [6.45, 7) is 2.44. The summed E-state index contributed by atoms with van der Waals surface area (Å²) in [6, 6.07) is 6.43. The lowest BCUT2D eigenvalue weighted by Gasteiger charge is -2.34. The molecule has 11 heteroatoms. The Balaban J connectivity index is 1.45. The highest BCUT2D eigenvalue weighted by atomic mass is 32.2. The molecule has 0 unspecified atom stereocenters. The maximum absolute atomic E-state index is 13.0. The molecule has 1 fully saturated rings. The van der Waals surface area contributed by atoms with E-state index in [2.05, 4.69) is 10.2 Å². The number of carbonyl (C=O) groups is 1. The number of amides is 2. The first-order valence-corrected chi connectivity index (χ1v) is 11.8. The van der Waals surface area contributed by atoms with E-state index in [0.717, 1.165) is 18.7 Å². The molecule has 3 heterocycles. The molecule has 2 aromatic rings. The van der Waals surface area contributed by atoms with E-state index in [4.69, 9.17) is 4.74 Å². The van der Waals surface area contributed by atoms with Crippen molar-refractivity contribution in [2.75, 3.05) is 40.8 Å². The predicted octanol–water partition coefficient (Wildman–Crippen LogP) is 1.35. The topological polar surface area (TPSA) is 101 Å². The first-order chi connectivity index (χ1) is 14.8. The van der Waals surface area contributed by atoms with Gasteiger partial charge in [0.25, 0.3) is 0 Å². The number of hydrogen-bond donors (Lipinski definition) is 0. The molecule has 0 N–H and O–H groups in total. The zero-order chi connectivity index (χ0) is 22.2. The maximum atomic E-state index is 13.0. The molecule has 0 aliphatic carbocycles. The van der Waals surface area contributed by atoms with E-state index in [0.29, 0.717) is 37.8 Å². The Kier molecular flexibility index (Phi) is 5.89. The minimum absolute atomic E-state index is 0.0288. The number of benzene rings is 1. The second-order valence-corrected chi connectivity index (χ2v) is 10.0. The Hall–Kier alpha value is -2.66. The summed E-state index contributed by atoms with van der Waals surface area (Å²) < 4.78 is 34.7. The number of rotatable bonds is 4. The van der Waals surface area contributed by atoms with Gasteiger partial charge >= 0.3 is 6.03 Å². The third-order valence-electron chi connectivity index (χ3n) is 5.96. The van der Waals surface area contributed by atoms with Crippen molar-refractivity contribution in [2.24, 2.45) is 0 Å². The third kappa shape index (κ3) is 4.11. The van der Waals surface area contributed by atoms with Gasteiger partial charge in [0.1, 0.15) is 17.4 Å². The molecule has 2 aliphatic rings. The Bertz CT molecular complexity index is 1040. The fraction of sp³-hybridized carbons (Fsp3) is 0.550. The van der Waals surface area contributed by atoms with Crippen LogP contribution in [-0.4, -0.2) is 84.2 Å². The molecule has 0 spiro atoms.